The molecule has 9 heteroatoms. The zero-order valence-corrected chi connectivity index (χ0v) is 13.3. The van der Waals surface area contributed by atoms with E-state index in [0.717, 1.165) is 18.4 Å². The van der Waals surface area contributed by atoms with Crippen LogP contribution in [0.4, 0.5) is 13.2 Å². The third-order valence-electron chi connectivity index (χ3n) is 3.36. The van der Waals surface area contributed by atoms with Gasteiger partial charge in [-0.05, 0) is 24.6 Å². The van der Waals surface area contributed by atoms with Crippen molar-refractivity contribution < 1.29 is 32.2 Å². The van der Waals surface area contributed by atoms with Gasteiger partial charge in [0.05, 0.1) is 18.2 Å². The number of rotatable bonds is 7. The van der Waals surface area contributed by atoms with Crippen LogP contribution in [0.15, 0.2) is 34.9 Å². The Morgan fingerprint density at radius 2 is 2.20 bits per heavy atom. The number of alkyl halides is 3. The van der Waals surface area contributed by atoms with Gasteiger partial charge in [-0.15, -0.1) is 0 Å². The summed E-state index contributed by atoms with van der Waals surface area (Å²) in [5, 5.41) is 11.6. The van der Waals surface area contributed by atoms with Crippen LogP contribution in [0.1, 0.15) is 35.3 Å². The molecule has 1 amide bonds. The van der Waals surface area contributed by atoms with E-state index in [9.17, 15) is 18.0 Å². The number of nitrogens with zero attached hydrogens (tertiary/aromatic N) is 1. The van der Waals surface area contributed by atoms with E-state index in [1.54, 1.807) is 6.92 Å². The molecule has 2 N–H and O–H groups in total. The van der Waals surface area contributed by atoms with E-state index < -0.39 is 23.7 Å². The van der Waals surface area contributed by atoms with Gasteiger partial charge in [-0.2, -0.15) is 13.2 Å². The number of halogens is 3. The van der Waals surface area contributed by atoms with E-state index in [2.05, 4.69) is 10.3 Å². The second-order valence-corrected chi connectivity index (χ2v) is 5.20. The monoisotopic (exact) mass is 358 g/mol. The maximum absolute atomic E-state index is 12.6. The standard InChI is InChI=1S/C16H17F3N2O4/c1-2-11(7-22)20-15(23)13-8-25-14(21-13)9-24-12-5-3-4-10(6-12)16(17,18)19/h3-6,8,11,22H,2,7,9H2,1H3,(H,20,23). The predicted molar refractivity (Wildman–Crippen MR) is 80.9 cm³/mol. The Bertz CT molecular complexity index is 711. The first-order chi connectivity index (χ1) is 11.8. The molecule has 0 spiro atoms. The van der Waals surface area contributed by atoms with Gasteiger partial charge in [0.15, 0.2) is 12.3 Å². The van der Waals surface area contributed by atoms with Gasteiger partial charge in [0.1, 0.15) is 12.0 Å². The molecule has 0 aliphatic carbocycles. The van der Waals surface area contributed by atoms with Gasteiger partial charge in [-0.1, -0.05) is 13.0 Å². The summed E-state index contributed by atoms with van der Waals surface area (Å²) in [4.78, 5) is 15.8. The lowest BCUT2D eigenvalue weighted by molar-refractivity contribution is -0.137. The molecule has 1 unspecified atom stereocenters. The first-order valence-electron chi connectivity index (χ1n) is 7.49. The number of amides is 1. The molecule has 2 aromatic rings. The minimum absolute atomic E-state index is 0.00496. The summed E-state index contributed by atoms with van der Waals surface area (Å²) in [6.07, 6.45) is -2.80. The summed E-state index contributed by atoms with van der Waals surface area (Å²) in [5.74, 6) is -0.472. The zero-order chi connectivity index (χ0) is 18.4. The topological polar surface area (TPSA) is 84.6 Å². The molecule has 0 bridgehead atoms. The Morgan fingerprint density at radius 1 is 1.44 bits per heavy atom. The summed E-state index contributed by atoms with van der Waals surface area (Å²) in [5.41, 5.74) is -0.832. The molecule has 1 atom stereocenters. The molecule has 1 aromatic heterocycles. The molecule has 0 saturated heterocycles. The first kappa shape index (κ1) is 18.8. The zero-order valence-electron chi connectivity index (χ0n) is 13.3. The average molecular weight is 358 g/mol. The molecule has 1 aromatic carbocycles. The van der Waals surface area contributed by atoms with E-state index in [4.69, 9.17) is 14.3 Å². The Balaban J connectivity index is 1.97. The fraction of sp³-hybridized carbons (Fsp3) is 0.375. The Kier molecular flexibility index (Phi) is 6.02. The highest BCUT2D eigenvalue weighted by Gasteiger charge is 2.30. The van der Waals surface area contributed by atoms with Gasteiger partial charge in [0.2, 0.25) is 5.89 Å². The minimum Gasteiger partial charge on any atom is -0.484 e. The Morgan fingerprint density at radius 3 is 2.84 bits per heavy atom. The third-order valence-corrected chi connectivity index (χ3v) is 3.36. The third kappa shape index (κ3) is 5.21. The number of aliphatic hydroxyl groups is 1. The maximum atomic E-state index is 12.6. The predicted octanol–water partition coefficient (Wildman–Crippen LogP) is 2.77. The van der Waals surface area contributed by atoms with Gasteiger partial charge in [-0.25, -0.2) is 4.98 Å². The van der Waals surface area contributed by atoms with Crippen molar-refractivity contribution in [2.45, 2.75) is 32.2 Å². The van der Waals surface area contributed by atoms with Crippen LogP contribution in [0.3, 0.4) is 0 Å². The summed E-state index contributed by atoms with van der Waals surface area (Å²) in [6, 6.07) is 4.01. The van der Waals surface area contributed by atoms with E-state index in [1.165, 1.54) is 12.1 Å². The van der Waals surface area contributed by atoms with E-state index in [0.29, 0.717) is 6.42 Å². The van der Waals surface area contributed by atoms with Crippen molar-refractivity contribution in [2.75, 3.05) is 6.61 Å². The highest BCUT2D eigenvalue weighted by Crippen LogP contribution is 2.31. The molecule has 0 aliphatic rings. The Hall–Kier alpha value is -2.55. The quantitative estimate of drug-likeness (QED) is 0.795. The van der Waals surface area contributed by atoms with Crippen molar-refractivity contribution in [1.29, 1.82) is 0 Å². The van der Waals surface area contributed by atoms with Crippen LogP contribution in [0.25, 0.3) is 0 Å². The summed E-state index contributed by atoms with van der Waals surface area (Å²) >= 11 is 0. The number of carbonyl (C=O) groups excluding carboxylic acids is 1. The number of oxazole rings is 1. The van der Waals surface area contributed by atoms with E-state index in [1.807, 2.05) is 0 Å². The molecule has 136 valence electrons. The average Bonchev–Trinajstić information content (AvgIpc) is 3.06. The molecule has 2 rings (SSSR count). The smallest absolute Gasteiger partial charge is 0.416 e. The van der Waals surface area contributed by atoms with Crippen molar-refractivity contribution in [3.8, 4) is 5.75 Å². The van der Waals surface area contributed by atoms with Gasteiger partial charge < -0.3 is 19.6 Å². The summed E-state index contributed by atoms with van der Waals surface area (Å²) < 4.78 is 48.2. The second kappa shape index (κ2) is 8.02. The highest BCUT2D eigenvalue weighted by molar-refractivity contribution is 5.92. The lowest BCUT2D eigenvalue weighted by Gasteiger charge is -2.12. The van der Waals surface area contributed by atoms with Gasteiger partial charge >= 0.3 is 6.18 Å². The van der Waals surface area contributed by atoms with Crippen LogP contribution in [-0.4, -0.2) is 28.6 Å². The number of hydrogen-bond acceptors (Lipinski definition) is 5. The number of aromatic nitrogens is 1. The highest BCUT2D eigenvalue weighted by atomic mass is 19.4. The SMILES string of the molecule is CCC(CO)NC(=O)c1coc(COc2cccc(C(F)(F)F)c2)n1. The van der Waals surface area contributed by atoms with Crippen LogP contribution in [0, 0.1) is 0 Å². The van der Waals surface area contributed by atoms with Crippen LogP contribution >= 0.6 is 0 Å². The molecular formula is C16H17F3N2O4. The normalized spacial score (nSPS) is 12.7. The summed E-state index contributed by atoms with van der Waals surface area (Å²) in [6.45, 7) is 1.37. The van der Waals surface area contributed by atoms with Gasteiger partial charge in [-0.3, -0.25) is 4.79 Å². The first-order valence-corrected chi connectivity index (χ1v) is 7.49. The second-order valence-electron chi connectivity index (χ2n) is 5.20. The lowest BCUT2D eigenvalue weighted by Crippen LogP contribution is -2.37. The molecule has 6 nitrogen and oxygen atoms in total. The molecule has 1 heterocycles. The lowest BCUT2D eigenvalue weighted by atomic mass is 10.2. The van der Waals surface area contributed by atoms with Crippen LogP contribution in [-0.2, 0) is 12.8 Å². The molecular weight excluding hydrogens is 341 g/mol. The molecule has 25 heavy (non-hydrogen) atoms. The maximum Gasteiger partial charge on any atom is 0.416 e. The minimum atomic E-state index is -4.46. The number of aliphatic hydroxyl groups excluding tert-OH is 1. The molecule has 0 radical (unpaired) electrons. The van der Waals surface area contributed by atoms with E-state index in [-0.39, 0.29) is 30.5 Å². The van der Waals surface area contributed by atoms with Gasteiger partial charge in [0, 0.05) is 0 Å². The number of carbonyl (C=O) groups is 1. The van der Waals surface area contributed by atoms with Crippen LogP contribution in [0.5, 0.6) is 5.75 Å². The molecule has 0 fully saturated rings. The van der Waals surface area contributed by atoms with Crippen LogP contribution < -0.4 is 10.1 Å². The largest absolute Gasteiger partial charge is 0.484 e. The molecule has 0 saturated carbocycles. The number of ether oxygens (including phenoxy) is 1. The van der Waals surface area contributed by atoms with Crippen molar-refractivity contribution in [3.05, 3.63) is 47.7 Å². The fourth-order valence-electron chi connectivity index (χ4n) is 1.92. The number of benzene rings is 1. The fourth-order valence-corrected chi connectivity index (χ4v) is 1.92. The molecule has 0 aliphatic heterocycles. The van der Waals surface area contributed by atoms with Crippen molar-refractivity contribution in [1.82, 2.24) is 10.3 Å². The number of hydrogen-bond donors (Lipinski definition) is 2. The number of nitrogens with one attached hydrogen (secondary N) is 1. The summed E-state index contributed by atoms with van der Waals surface area (Å²) in [7, 11) is 0. The van der Waals surface area contributed by atoms with E-state index >= 15 is 0 Å². The van der Waals surface area contributed by atoms with Crippen molar-refractivity contribution in [3.63, 3.8) is 0 Å². The van der Waals surface area contributed by atoms with Gasteiger partial charge in [0.25, 0.3) is 5.91 Å². The van der Waals surface area contributed by atoms with Crippen molar-refractivity contribution >= 4 is 5.91 Å². The van der Waals surface area contributed by atoms with Crippen LogP contribution in [0.2, 0.25) is 0 Å². The Labute approximate surface area is 141 Å². The van der Waals surface area contributed by atoms with Crippen molar-refractivity contribution in [2.24, 2.45) is 0 Å².